The maximum atomic E-state index is 14.0. The van der Waals surface area contributed by atoms with Gasteiger partial charge in [0, 0.05) is 30.3 Å². The lowest BCUT2D eigenvalue weighted by atomic mass is 9.89. The molecule has 1 aromatic heterocycles. The summed E-state index contributed by atoms with van der Waals surface area (Å²) in [6.07, 6.45) is 4.71. The first kappa shape index (κ1) is 24.2. The Kier molecular flexibility index (Phi) is 5.76. The number of aliphatic imine (C=N–C) groups is 1. The lowest BCUT2D eigenvalue weighted by molar-refractivity contribution is -0.132. The van der Waals surface area contributed by atoms with Crippen LogP contribution < -0.4 is 15.8 Å². The van der Waals surface area contributed by atoms with Crippen molar-refractivity contribution in [2.24, 2.45) is 22.6 Å². The highest BCUT2D eigenvalue weighted by molar-refractivity contribution is 5.99. The monoisotopic (exact) mass is 493 g/mol. The second kappa shape index (κ2) is 8.57. The number of nitrogens with zero attached hydrogens (tertiary/aromatic N) is 3. The third-order valence-electron chi connectivity index (χ3n) is 7.15. The number of fused-ring (bicyclic) bond motifs is 1. The molecule has 9 heteroatoms. The number of ether oxygens (including phenoxy) is 1. The summed E-state index contributed by atoms with van der Waals surface area (Å²) in [7, 11) is 0. The first-order chi connectivity index (χ1) is 16.9. The van der Waals surface area contributed by atoms with Crippen LogP contribution in [0.3, 0.4) is 0 Å². The number of guanidine groups is 1. The van der Waals surface area contributed by atoms with Crippen molar-refractivity contribution in [3.8, 4) is 5.75 Å². The van der Waals surface area contributed by atoms with Crippen LogP contribution in [0.4, 0.5) is 4.39 Å². The van der Waals surface area contributed by atoms with Gasteiger partial charge in [-0.1, -0.05) is 6.07 Å². The Hall–Kier alpha value is -3.49. The van der Waals surface area contributed by atoms with Crippen LogP contribution in [0.5, 0.6) is 5.75 Å². The van der Waals surface area contributed by atoms with Crippen molar-refractivity contribution in [3.05, 3.63) is 59.7 Å². The number of aromatic nitrogens is 1. The van der Waals surface area contributed by atoms with E-state index in [1.54, 1.807) is 24.5 Å². The number of hydrogen-bond acceptors (Lipinski definition) is 6. The Bertz CT molecular complexity index is 1230. The van der Waals surface area contributed by atoms with Crippen molar-refractivity contribution in [2.75, 3.05) is 0 Å². The molecular weight excluding hydrogens is 461 g/mol. The molecule has 3 N–H and O–H groups in total. The lowest BCUT2D eigenvalue weighted by Crippen LogP contribution is -2.52. The molecule has 1 aliphatic carbocycles. The molecule has 2 aliphatic heterocycles. The van der Waals surface area contributed by atoms with Crippen LogP contribution in [0.15, 0.2) is 47.7 Å². The van der Waals surface area contributed by atoms with Crippen molar-refractivity contribution in [1.29, 1.82) is 0 Å². The van der Waals surface area contributed by atoms with E-state index in [2.05, 4.69) is 15.3 Å². The van der Waals surface area contributed by atoms with Gasteiger partial charge in [-0.05, 0) is 69.9 Å². The first-order valence-corrected chi connectivity index (χ1v) is 12.3. The molecule has 0 radical (unpaired) electrons. The van der Waals surface area contributed by atoms with Crippen molar-refractivity contribution in [1.82, 2.24) is 15.2 Å². The van der Waals surface area contributed by atoms with Gasteiger partial charge in [-0.2, -0.15) is 0 Å². The quantitative estimate of drug-likeness (QED) is 0.661. The van der Waals surface area contributed by atoms with E-state index >= 15 is 0 Å². The molecular formula is C27H32FN5O3. The van der Waals surface area contributed by atoms with E-state index in [-0.39, 0.29) is 47.9 Å². The molecule has 1 unspecified atom stereocenters. The van der Waals surface area contributed by atoms with Crippen LogP contribution in [0.2, 0.25) is 0 Å². The molecule has 8 nitrogen and oxygen atoms in total. The summed E-state index contributed by atoms with van der Waals surface area (Å²) in [6, 6.07) is 7.26. The number of carbonyl (C=O) groups excluding carboxylic acids is 2. The van der Waals surface area contributed by atoms with Crippen LogP contribution in [0, 0.1) is 17.7 Å². The van der Waals surface area contributed by atoms with Crippen molar-refractivity contribution >= 4 is 17.8 Å². The summed E-state index contributed by atoms with van der Waals surface area (Å²) in [5.74, 6) is -0.369. The van der Waals surface area contributed by atoms with E-state index < -0.39 is 17.2 Å². The number of benzene rings is 1. The minimum atomic E-state index is -0.573. The Morgan fingerprint density at radius 1 is 1.28 bits per heavy atom. The molecule has 3 heterocycles. The number of nitrogens with two attached hydrogens (primary N) is 1. The molecule has 190 valence electrons. The molecule has 36 heavy (non-hydrogen) atoms. The van der Waals surface area contributed by atoms with E-state index in [1.165, 1.54) is 17.0 Å². The summed E-state index contributed by atoms with van der Waals surface area (Å²) in [6.45, 7) is 7.64. The highest BCUT2D eigenvalue weighted by Gasteiger charge is 2.53. The average Bonchev–Trinajstić information content (AvgIpc) is 3.56. The molecule has 0 bridgehead atoms. The predicted octanol–water partition coefficient (Wildman–Crippen LogP) is 3.64. The van der Waals surface area contributed by atoms with Crippen LogP contribution in [-0.4, -0.2) is 38.8 Å². The smallest absolute Gasteiger partial charge is 0.232 e. The molecule has 1 aromatic carbocycles. The molecule has 3 aliphatic rings. The second-order valence-electron chi connectivity index (χ2n) is 11.3. The summed E-state index contributed by atoms with van der Waals surface area (Å²) >= 11 is 0. The highest BCUT2D eigenvalue weighted by atomic mass is 19.1. The van der Waals surface area contributed by atoms with Gasteiger partial charge in [0.15, 0.2) is 5.96 Å². The summed E-state index contributed by atoms with van der Waals surface area (Å²) in [5.41, 5.74) is 6.66. The molecule has 0 spiro atoms. The van der Waals surface area contributed by atoms with E-state index in [4.69, 9.17) is 10.5 Å². The van der Waals surface area contributed by atoms with Crippen molar-refractivity contribution in [2.45, 2.75) is 70.2 Å². The fraction of sp³-hybridized carbons (Fsp3) is 0.481. The van der Waals surface area contributed by atoms with Crippen LogP contribution in [0.25, 0.3) is 0 Å². The predicted molar refractivity (Wildman–Crippen MR) is 132 cm³/mol. The van der Waals surface area contributed by atoms with Gasteiger partial charge in [0.1, 0.15) is 17.2 Å². The fourth-order valence-electron chi connectivity index (χ4n) is 5.52. The molecule has 0 saturated heterocycles. The van der Waals surface area contributed by atoms with Crippen LogP contribution in [-0.2, 0) is 9.59 Å². The largest absolute Gasteiger partial charge is 0.487 e. The zero-order chi connectivity index (χ0) is 25.8. The maximum Gasteiger partial charge on any atom is 0.232 e. The summed E-state index contributed by atoms with van der Waals surface area (Å²) < 4.78 is 20.0. The highest BCUT2D eigenvalue weighted by Crippen LogP contribution is 2.51. The number of nitrogens with one attached hydrogen (secondary N) is 1. The molecule has 1 fully saturated rings. The molecule has 1 saturated carbocycles. The Balaban J connectivity index is 1.40. The van der Waals surface area contributed by atoms with Gasteiger partial charge in [-0.25, -0.2) is 9.38 Å². The molecule has 2 aromatic rings. The van der Waals surface area contributed by atoms with Gasteiger partial charge in [0.2, 0.25) is 11.8 Å². The lowest BCUT2D eigenvalue weighted by Gasteiger charge is -2.38. The van der Waals surface area contributed by atoms with E-state index in [0.717, 1.165) is 5.56 Å². The van der Waals surface area contributed by atoms with Crippen molar-refractivity contribution in [3.63, 3.8) is 0 Å². The molecule has 2 amide bonds. The second-order valence-corrected chi connectivity index (χ2v) is 11.3. The summed E-state index contributed by atoms with van der Waals surface area (Å²) in [5, 5.41) is 3.13. The van der Waals surface area contributed by atoms with Gasteiger partial charge in [0.25, 0.3) is 0 Å². The zero-order valence-corrected chi connectivity index (χ0v) is 21.0. The van der Waals surface area contributed by atoms with Crippen LogP contribution >= 0.6 is 0 Å². The Labute approximate surface area is 210 Å². The number of rotatable bonds is 5. The number of carbonyl (C=O) groups is 2. The zero-order valence-electron chi connectivity index (χ0n) is 21.0. The third kappa shape index (κ3) is 4.66. The first-order valence-electron chi connectivity index (χ1n) is 12.3. The fourth-order valence-corrected chi connectivity index (χ4v) is 5.52. The number of amides is 2. The van der Waals surface area contributed by atoms with Gasteiger partial charge < -0.3 is 15.8 Å². The Morgan fingerprint density at radius 3 is 2.75 bits per heavy atom. The van der Waals surface area contributed by atoms with E-state index in [9.17, 15) is 14.0 Å². The normalized spacial score (nSPS) is 26.8. The molecule has 4 atom stereocenters. The van der Waals surface area contributed by atoms with Gasteiger partial charge in [0.05, 0.1) is 24.0 Å². The minimum absolute atomic E-state index is 0.122. The van der Waals surface area contributed by atoms with Crippen LogP contribution in [0.1, 0.15) is 70.2 Å². The number of pyridine rings is 1. The van der Waals surface area contributed by atoms with Crippen molar-refractivity contribution < 1.29 is 18.7 Å². The maximum absolute atomic E-state index is 14.0. The summed E-state index contributed by atoms with van der Waals surface area (Å²) in [4.78, 5) is 37.0. The standard InChI is InChI=1S/C27H32FN5O3/c1-26(2)13-22(34)33(25(29)32-26)23(15-6-5-9-30-14-15)17-11-18(17)24(35)31-20-12-27(3,4)36-21-8-7-16(28)10-19(20)21/h5-10,14,17-18,20,23H,11-13H2,1-4H3,(H2,29,32)(H,31,35)/t17-,18?,20-,23+/m0/s1. The number of halogens is 1. The SMILES string of the molecule is CC1(C)CC(=O)N([C@H](c2cccnc2)[C@H]2CC2C(=O)N[C@H]2CC(C)(C)Oc3ccc(F)cc32)C(N)=N1. The topological polar surface area (TPSA) is 110 Å². The minimum Gasteiger partial charge on any atom is -0.487 e. The number of hydrogen-bond donors (Lipinski definition) is 2. The third-order valence-corrected chi connectivity index (χ3v) is 7.15. The average molecular weight is 494 g/mol. The van der Waals surface area contributed by atoms with E-state index in [1.807, 2.05) is 33.8 Å². The molecule has 5 rings (SSSR count). The van der Waals surface area contributed by atoms with Gasteiger partial charge in [-0.3, -0.25) is 19.5 Å². The Morgan fingerprint density at radius 2 is 2.06 bits per heavy atom. The van der Waals surface area contributed by atoms with E-state index in [0.29, 0.717) is 24.2 Å². The van der Waals surface area contributed by atoms with Gasteiger partial charge in [-0.15, -0.1) is 0 Å². The van der Waals surface area contributed by atoms with Gasteiger partial charge >= 0.3 is 0 Å².